The van der Waals surface area contributed by atoms with Gasteiger partial charge in [-0.2, -0.15) is 0 Å². The summed E-state index contributed by atoms with van der Waals surface area (Å²) in [5.41, 5.74) is 8.78. The summed E-state index contributed by atoms with van der Waals surface area (Å²) in [5, 5.41) is 10.1. The molecule has 0 aliphatic carbocycles. The lowest BCUT2D eigenvalue weighted by Gasteiger charge is -2.12. The highest BCUT2D eigenvalue weighted by Crippen LogP contribution is 2.30. The predicted octanol–water partition coefficient (Wildman–Crippen LogP) is 3.72. The summed E-state index contributed by atoms with van der Waals surface area (Å²) in [7, 11) is -0.590. The van der Waals surface area contributed by atoms with Crippen molar-refractivity contribution in [2.75, 3.05) is 20.6 Å². The number of carboxylic acids is 1. The third kappa shape index (κ3) is 5.44. The number of carbonyl (C=O) groups is 1. The SMILES string of the molecule is Cc1c(Cc2ccc(S(=O)(=O)N(C)C)cc2)c2cc(C(=O)O)ccc2n1C/C(F)=C/CN.Cl. The molecule has 0 amide bonds. The largest absolute Gasteiger partial charge is 0.478 e. The van der Waals surface area contributed by atoms with Crippen molar-refractivity contribution in [2.45, 2.75) is 24.8 Å². The smallest absolute Gasteiger partial charge is 0.335 e. The first-order chi connectivity index (χ1) is 15.1. The van der Waals surface area contributed by atoms with Crippen molar-refractivity contribution in [3.63, 3.8) is 0 Å². The molecule has 3 rings (SSSR count). The summed E-state index contributed by atoms with van der Waals surface area (Å²) in [6.07, 6.45) is 1.74. The molecule has 0 radical (unpaired) electrons. The van der Waals surface area contributed by atoms with Crippen molar-refractivity contribution >= 4 is 39.3 Å². The zero-order chi connectivity index (χ0) is 23.6. The number of fused-ring (bicyclic) bond motifs is 1. The number of halogens is 2. The number of hydrogen-bond acceptors (Lipinski definition) is 4. The number of aromatic nitrogens is 1. The third-order valence-corrected chi connectivity index (χ3v) is 7.26. The fourth-order valence-electron chi connectivity index (χ4n) is 3.65. The highest BCUT2D eigenvalue weighted by atomic mass is 35.5. The van der Waals surface area contributed by atoms with Crippen molar-refractivity contribution in [2.24, 2.45) is 5.73 Å². The Kier molecular flexibility index (Phi) is 8.42. The molecule has 3 N–H and O–H groups in total. The quantitative estimate of drug-likeness (QED) is 0.495. The van der Waals surface area contributed by atoms with Gasteiger partial charge in [0.1, 0.15) is 5.83 Å². The number of aromatic carboxylic acids is 1. The van der Waals surface area contributed by atoms with Crippen LogP contribution >= 0.6 is 12.4 Å². The van der Waals surface area contributed by atoms with Gasteiger partial charge < -0.3 is 15.4 Å². The van der Waals surface area contributed by atoms with E-state index in [1.807, 2.05) is 6.92 Å². The maximum absolute atomic E-state index is 14.3. The van der Waals surface area contributed by atoms with Crippen molar-refractivity contribution in [3.8, 4) is 0 Å². The van der Waals surface area contributed by atoms with Gasteiger partial charge in [-0.3, -0.25) is 0 Å². The second-order valence-electron chi connectivity index (χ2n) is 7.68. The summed E-state index contributed by atoms with van der Waals surface area (Å²) in [6, 6.07) is 11.3. The Balaban J connectivity index is 0.00000385. The minimum Gasteiger partial charge on any atom is -0.478 e. The molecule has 0 atom stereocenters. The molecule has 33 heavy (non-hydrogen) atoms. The number of rotatable bonds is 8. The van der Waals surface area contributed by atoms with Gasteiger partial charge in [-0.1, -0.05) is 12.1 Å². The molecular formula is C23H27ClFN3O4S. The molecule has 0 saturated heterocycles. The Labute approximate surface area is 198 Å². The van der Waals surface area contributed by atoms with Crippen molar-refractivity contribution in [1.29, 1.82) is 0 Å². The van der Waals surface area contributed by atoms with Crippen LogP contribution in [-0.4, -0.2) is 49.0 Å². The average molecular weight is 496 g/mol. The minimum absolute atomic E-state index is 0. The van der Waals surface area contributed by atoms with Crippen molar-refractivity contribution in [1.82, 2.24) is 8.87 Å². The Morgan fingerprint density at radius 2 is 1.82 bits per heavy atom. The first kappa shape index (κ1) is 26.5. The predicted molar refractivity (Wildman–Crippen MR) is 129 cm³/mol. The lowest BCUT2D eigenvalue weighted by Crippen LogP contribution is -2.22. The van der Waals surface area contributed by atoms with E-state index in [2.05, 4.69) is 0 Å². The Morgan fingerprint density at radius 3 is 2.36 bits per heavy atom. The molecule has 0 aliphatic heterocycles. The van der Waals surface area contributed by atoms with Gasteiger partial charge in [0.05, 0.1) is 17.0 Å². The fourth-order valence-corrected chi connectivity index (χ4v) is 4.55. The monoisotopic (exact) mass is 495 g/mol. The lowest BCUT2D eigenvalue weighted by atomic mass is 10.0. The number of nitrogens with zero attached hydrogens (tertiary/aromatic N) is 2. The van der Waals surface area contributed by atoms with E-state index in [4.69, 9.17) is 5.73 Å². The van der Waals surface area contributed by atoms with E-state index in [0.29, 0.717) is 11.8 Å². The molecular weight excluding hydrogens is 469 g/mol. The highest BCUT2D eigenvalue weighted by molar-refractivity contribution is 7.89. The van der Waals surface area contributed by atoms with Crippen molar-refractivity contribution in [3.05, 3.63) is 76.8 Å². The number of sulfonamides is 1. The number of allylic oxidation sites excluding steroid dienone is 1. The van der Waals surface area contributed by atoms with Crippen LogP contribution in [0.25, 0.3) is 10.9 Å². The van der Waals surface area contributed by atoms with Crippen LogP contribution in [0.2, 0.25) is 0 Å². The molecule has 3 aromatic rings. The van der Waals surface area contributed by atoms with E-state index < -0.39 is 16.0 Å². The van der Waals surface area contributed by atoms with Gasteiger partial charge in [-0.25, -0.2) is 21.9 Å². The average Bonchev–Trinajstić information content (AvgIpc) is 2.99. The molecule has 0 spiro atoms. The molecule has 10 heteroatoms. The summed E-state index contributed by atoms with van der Waals surface area (Å²) in [5.74, 6) is -1.42. The molecule has 1 aromatic heterocycles. The number of nitrogens with two attached hydrogens (primary N) is 1. The Morgan fingerprint density at radius 1 is 1.18 bits per heavy atom. The van der Waals surface area contributed by atoms with Gasteiger partial charge in [0, 0.05) is 37.2 Å². The van der Waals surface area contributed by atoms with Gasteiger partial charge in [-0.15, -0.1) is 12.4 Å². The Hall–Kier alpha value is -2.72. The number of carboxylic acid groups (broad SMARTS) is 1. The summed E-state index contributed by atoms with van der Waals surface area (Å²) in [6.45, 7) is 1.94. The lowest BCUT2D eigenvalue weighted by molar-refractivity contribution is 0.0697. The zero-order valence-electron chi connectivity index (χ0n) is 18.6. The van der Waals surface area contributed by atoms with Gasteiger partial charge in [0.2, 0.25) is 10.0 Å². The van der Waals surface area contributed by atoms with E-state index in [9.17, 15) is 22.7 Å². The minimum atomic E-state index is -3.53. The van der Waals surface area contributed by atoms with Crippen LogP contribution < -0.4 is 5.73 Å². The van der Waals surface area contributed by atoms with Crippen LogP contribution in [0, 0.1) is 6.92 Å². The molecule has 1 heterocycles. The second kappa shape index (κ2) is 10.5. The topological polar surface area (TPSA) is 106 Å². The standard InChI is InChI=1S/C23H26FN3O4S.ClH/c1-15-20(12-16-4-7-19(8-5-16)32(30,31)26(2)3)21-13-17(23(28)29)6-9-22(21)27(15)14-18(24)10-11-25;/h4-10,13H,11-12,14,25H2,1-3H3,(H,28,29);1H/b18-10-;. The molecule has 0 unspecified atom stereocenters. The van der Waals surface area contributed by atoms with E-state index in [-0.39, 0.29) is 41.8 Å². The molecule has 0 bridgehead atoms. The fraction of sp³-hybridized carbons (Fsp3) is 0.261. The van der Waals surface area contributed by atoms with Gasteiger partial charge in [0.15, 0.2) is 0 Å². The van der Waals surface area contributed by atoms with Gasteiger partial charge in [-0.05, 0) is 60.9 Å². The molecule has 178 valence electrons. The first-order valence-corrected chi connectivity index (χ1v) is 11.4. The maximum Gasteiger partial charge on any atom is 0.335 e. The maximum atomic E-state index is 14.3. The van der Waals surface area contributed by atoms with E-state index >= 15 is 0 Å². The van der Waals surface area contributed by atoms with Crippen LogP contribution in [0.3, 0.4) is 0 Å². The first-order valence-electron chi connectivity index (χ1n) is 9.97. The van der Waals surface area contributed by atoms with Crippen LogP contribution in [-0.2, 0) is 23.0 Å². The molecule has 0 fully saturated rings. The van der Waals surface area contributed by atoms with Crippen LogP contribution in [0.4, 0.5) is 4.39 Å². The van der Waals surface area contributed by atoms with E-state index in [1.54, 1.807) is 41.0 Å². The van der Waals surface area contributed by atoms with Crippen molar-refractivity contribution < 1.29 is 22.7 Å². The second-order valence-corrected chi connectivity index (χ2v) is 9.83. The number of benzene rings is 2. The van der Waals surface area contributed by atoms with Crippen LogP contribution in [0.1, 0.15) is 27.2 Å². The Bertz CT molecular complexity index is 1300. The molecule has 0 saturated carbocycles. The van der Waals surface area contributed by atoms with Crippen LogP contribution in [0.5, 0.6) is 0 Å². The van der Waals surface area contributed by atoms with Crippen LogP contribution in [0.15, 0.2) is 59.3 Å². The summed E-state index contributed by atoms with van der Waals surface area (Å²) in [4.78, 5) is 11.7. The molecule has 7 nitrogen and oxygen atoms in total. The summed E-state index contributed by atoms with van der Waals surface area (Å²) < 4.78 is 41.8. The highest BCUT2D eigenvalue weighted by Gasteiger charge is 2.19. The van der Waals surface area contributed by atoms with Gasteiger partial charge >= 0.3 is 5.97 Å². The third-order valence-electron chi connectivity index (χ3n) is 5.43. The molecule has 2 aromatic carbocycles. The van der Waals surface area contributed by atoms with E-state index in [0.717, 1.165) is 26.6 Å². The summed E-state index contributed by atoms with van der Waals surface area (Å²) >= 11 is 0. The van der Waals surface area contributed by atoms with Gasteiger partial charge in [0.25, 0.3) is 0 Å². The zero-order valence-corrected chi connectivity index (χ0v) is 20.2. The number of hydrogen-bond donors (Lipinski definition) is 2. The normalized spacial score (nSPS) is 12.2. The van der Waals surface area contributed by atoms with E-state index in [1.165, 1.54) is 26.2 Å². The molecule has 0 aliphatic rings.